The molecule has 21 heavy (non-hydrogen) atoms. The summed E-state index contributed by atoms with van der Waals surface area (Å²) in [5, 5.41) is 2.69. The molecule has 0 bridgehead atoms. The van der Waals surface area contributed by atoms with Crippen molar-refractivity contribution in [3.8, 4) is 0 Å². The van der Waals surface area contributed by atoms with E-state index in [-0.39, 0.29) is 49.3 Å². The number of ether oxygens (including phenoxy) is 3. The van der Waals surface area contributed by atoms with Gasteiger partial charge in [0.15, 0.2) is 0 Å². The van der Waals surface area contributed by atoms with Crippen molar-refractivity contribution in [1.82, 2.24) is 5.32 Å². The average molecular weight is 325 g/mol. The molecule has 8 heteroatoms. The first-order valence-corrected chi connectivity index (χ1v) is 6.78. The molecular weight excluding hydrogens is 300 g/mol. The number of methoxy groups -OCH3 is 2. The minimum Gasteiger partial charge on any atom is -0.469 e. The normalized spacial score (nSPS) is 18.2. The summed E-state index contributed by atoms with van der Waals surface area (Å²) >= 11 is 0. The van der Waals surface area contributed by atoms with Gasteiger partial charge in [-0.25, -0.2) is 0 Å². The number of nitrogens with one attached hydrogen (secondary N) is 1. The molecule has 0 spiro atoms. The molecule has 1 heterocycles. The van der Waals surface area contributed by atoms with Gasteiger partial charge in [-0.15, -0.1) is 12.4 Å². The van der Waals surface area contributed by atoms with E-state index in [1.807, 2.05) is 0 Å². The Labute approximate surface area is 131 Å². The minimum absolute atomic E-state index is 0. The first kappa shape index (κ1) is 20.1. The van der Waals surface area contributed by atoms with Gasteiger partial charge in [-0.3, -0.25) is 9.59 Å². The van der Waals surface area contributed by atoms with E-state index in [1.54, 1.807) is 0 Å². The molecule has 0 aromatic carbocycles. The van der Waals surface area contributed by atoms with Crippen molar-refractivity contribution in [2.24, 2.45) is 17.6 Å². The van der Waals surface area contributed by atoms with E-state index >= 15 is 0 Å². The fourth-order valence-corrected chi connectivity index (χ4v) is 2.31. The lowest BCUT2D eigenvalue weighted by atomic mass is 9.86. The van der Waals surface area contributed by atoms with Crippen LogP contribution in [-0.2, 0) is 23.8 Å². The number of amides is 1. The molecule has 1 aliphatic heterocycles. The standard InChI is InChI=1S/C13H24N2O5.ClH/c1-18-8-11(14)12(16)15-7-10(13(17)19-2)9-3-5-20-6-4-9;/h9-11H,3-8,14H2,1-2H3,(H,15,16);1H. The van der Waals surface area contributed by atoms with Crippen LogP contribution in [0.1, 0.15) is 12.8 Å². The number of rotatable bonds is 7. The smallest absolute Gasteiger partial charge is 0.310 e. The molecule has 2 atom stereocenters. The zero-order valence-corrected chi connectivity index (χ0v) is 13.3. The predicted molar refractivity (Wildman–Crippen MR) is 79.2 cm³/mol. The lowest BCUT2D eigenvalue weighted by Crippen LogP contribution is -2.47. The number of hydrogen-bond acceptors (Lipinski definition) is 6. The van der Waals surface area contributed by atoms with Gasteiger partial charge in [-0.2, -0.15) is 0 Å². The quantitative estimate of drug-likeness (QED) is 0.624. The fourth-order valence-electron chi connectivity index (χ4n) is 2.31. The van der Waals surface area contributed by atoms with Crippen LogP contribution in [0.2, 0.25) is 0 Å². The van der Waals surface area contributed by atoms with Gasteiger partial charge in [0.25, 0.3) is 0 Å². The molecule has 0 aromatic rings. The molecule has 1 aliphatic rings. The lowest BCUT2D eigenvalue weighted by molar-refractivity contribution is -0.148. The summed E-state index contributed by atoms with van der Waals surface area (Å²) in [7, 11) is 2.83. The number of nitrogens with two attached hydrogens (primary N) is 1. The highest BCUT2D eigenvalue weighted by Crippen LogP contribution is 2.24. The van der Waals surface area contributed by atoms with Crippen LogP contribution in [0.3, 0.4) is 0 Å². The van der Waals surface area contributed by atoms with E-state index in [9.17, 15) is 9.59 Å². The van der Waals surface area contributed by atoms with Crippen LogP contribution in [0.5, 0.6) is 0 Å². The second kappa shape index (κ2) is 10.8. The maximum atomic E-state index is 11.8. The molecule has 1 fully saturated rings. The van der Waals surface area contributed by atoms with Crippen molar-refractivity contribution in [2.45, 2.75) is 18.9 Å². The van der Waals surface area contributed by atoms with Gasteiger partial charge in [0, 0.05) is 26.9 Å². The minimum atomic E-state index is -0.729. The molecule has 0 aromatic heterocycles. The highest BCUT2D eigenvalue weighted by Gasteiger charge is 2.31. The van der Waals surface area contributed by atoms with Crippen LogP contribution in [0.25, 0.3) is 0 Å². The van der Waals surface area contributed by atoms with Crippen LogP contribution in [0.4, 0.5) is 0 Å². The number of halogens is 1. The van der Waals surface area contributed by atoms with Gasteiger partial charge in [0.2, 0.25) is 5.91 Å². The Balaban J connectivity index is 0.00000400. The van der Waals surface area contributed by atoms with Crippen LogP contribution >= 0.6 is 12.4 Å². The van der Waals surface area contributed by atoms with Crippen molar-refractivity contribution >= 4 is 24.3 Å². The van der Waals surface area contributed by atoms with Crippen LogP contribution in [0.15, 0.2) is 0 Å². The lowest BCUT2D eigenvalue weighted by Gasteiger charge is -2.28. The van der Waals surface area contributed by atoms with E-state index in [0.717, 1.165) is 12.8 Å². The highest BCUT2D eigenvalue weighted by atomic mass is 35.5. The molecule has 1 amide bonds. The fraction of sp³-hybridized carbons (Fsp3) is 0.846. The van der Waals surface area contributed by atoms with Gasteiger partial charge < -0.3 is 25.3 Å². The molecule has 0 aliphatic carbocycles. The SMILES string of the molecule is COCC(N)C(=O)NCC(C(=O)OC)C1CCOCC1.Cl. The molecule has 0 radical (unpaired) electrons. The maximum absolute atomic E-state index is 11.8. The number of carbonyl (C=O) groups is 2. The molecule has 2 unspecified atom stereocenters. The highest BCUT2D eigenvalue weighted by molar-refractivity contribution is 5.85. The van der Waals surface area contributed by atoms with Gasteiger partial charge in [-0.05, 0) is 18.8 Å². The van der Waals surface area contributed by atoms with Crippen LogP contribution < -0.4 is 11.1 Å². The first-order valence-electron chi connectivity index (χ1n) is 6.78. The summed E-state index contributed by atoms with van der Waals surface area (Å²) in [6, 6.07) is -0.729. The van der Waals surface area contributed by atoms with E-state index in [0.29, 0.717) is 13.2 Å². The molecule has 3 N–H and O–H groups in total. The van der Waals surface area contributed by atoms with Crippen molar-refractivity contribution in [3.05, 3.63) is 0 Å². The predicted octanol–water partition coefficient (Wildman–Crippen LogP) is -0.286. The van der Waals surface area contributed by atoms with Crippen molar-refractivity contribution in [2.75, 3.05) is 40.6 Å². The van der Waals surface area contributed by atoms with Crippen LogP contribution in [-0.4, -0.2) is 58.5 Å². The second-order valence-electron chi connectivity index (χ2n) is 4.89. The Morgan fingerprint density at radius 2 is 1.95 bits per heavy atom. The Kier molecular flexibility index (Phi) is 10.3. The number of hydrogen-bond donors (Lipinski definition) is 2. The van der Waals surface area contributed by atoms with E-state index in [2.05, 4.69) is 5.32 Å². The second-order valence-corrected chi connectivity index (χ2v) is 4.89. The third-order valence-corrected chi connectivity index (χ3v) is 3.52. The van der Waals surface area contributed by atoms with Crippen molar-refractivity contribution in [3.63, 3.8) is 0 Å². The summed E-state index contributed by atoms with van der Waals surface area (Å²) in [6.07, 6.45) is 1.58. The topological polar surface area (TPSA) is 99.9 Å². The summed E-state index contributed by atoms with van der Waals surface area (Å²) < 4.78 is 14.9. The summed E-state index contributed by atoms with van der Waals surface area (Å²) in [6.45, 7) is 1.64. The largest absolute Gasteiger partial charge is 0.469 e. The number of carbonyl (C=O) groups excluding carboxylic acids is 2. The molecule has 0 saturated carbocycles. The first-order chi connectivity index (χ1) is 9.60. The Hall–Kier alpha value is -0.890. The average Bonchev–Trinajstić information content (AvgIpc) is 2.48. The Morgan fingerprint density at radius 3 is 2.48 bits per heavy atom. The Bertz CT molecular complexity index is 324. The van der Waals surface area contributed by atoms with Crippen molar-refractivity contribution < 1.29 is 23.8 Å². The third kappa shape index (κ3) is 6.60. The van der Waals surface area contributed by atoms with Crippen LogP contribution in [0, 0.1) is 11.8 Å². The summed E-state index contributed by atoms with van der Waals surface area (Å²) in [5.41, 5.74) is 5.63. The molecular formula is C13H25ClN2O5. The van der Waals surface area contributed by atoms with Gasteiger partial charge in [0.1, 0.15) is 6.04 Å². The molecule has 124 valence electrons. The van der Waals surface area contributed by atoms with Gasteiger partial charge in [-0.1, -0.05) is 0 Å². The monoisotopic (exact) mass is 324 g/mol. The Morgan fingerprint density at radius 1 is 1.33 bits per heavy atom. The van der Waals surface area contributed by atoms with E-state index < -0.39 is 6.04 Å². The third-order valence-electron chi connectivity index (χ3n) is 3.52. The number of esters is 1. The van der Waals surface area contributed by atoms with E-state index in [1.165, 1.54) is 14.2 Å². The zero-order valence-electron chi connectivity index (χ0n) is 12.5. The summed E-state index contributed by atoms with van der Waals surface area (Å²) in [4.78, 5) is 23.6. The van der Waals surface area contributed by atoms with Crippen molar-refractivity contribution in [1.29, 1.82) is 0 Å². The molecule has 7 nitrogen and oxygen atoms in total. The van der Waals surface area contributed by atoms with Gasteiger partial charge >= 0.3 is 5.97 Å². The zero-order chi connectivity index (χ0) is 15.0. The van der Waals surface area contributed by atoms with E-state index in [4.69, 9.17) is 19.9 Å². The summed E-state index contributed by atoms with van der Waals surface area (Å²) in [5.74, 6) is -0.830. The van der Waals surface area contributed by atoms with Gasteiger partial charge in [0.05, 0.1) is 19.6 Å². The molecule has 1 rings (SSSR count). The molecule has 1 saturated heterocycles. The maximum Gasteiger partial charge on any atom is 0.310 e.